The van der Waals surface area contributed by atoms with Crippen molar-refractivity contribution >= 4 is 56.4 Å². The molecule has 70 heavy (non-hydrogen) atoms. The first kappa shape index (κ1) is 47.5. The van der Waals surface area contributed by atoms with Crippen LogP contribution in [0.25, 0.3) is 16.8 Å². The Kier molecular flexibility index (Phi) is 13.2. The molecule has 4 atom stereocenters. The second-order valence-electron chi connectivity index (χ2n) is 17.0. The van der Waals surface area contributed by atoms with E-state index < -0.39 is 82.4 Å². The highest BCUT2D eigenvalue weighted by atomic mass is 32.2. The van der Waals surface area contributed by atoms with Gasteiger partial charge in [-0.1, -0.05) is 30.3 Å². The van der Waals surface area contributed by atoms with Gasteiger partial charge in [-0.2, -0.15) is 13.2 Å². The van der Waals surface area contributed by atoms with Crippen molar-refractivity contribution in [1.29, 1.82) is 0 Å². The van der Waals surface area contributed by atoms with Crippen molar-refractivity contribution in [1.82, 2.24) is 25.1 Å². The molecule has 5 heterocycles. The van der Waals surface area contributed by atoms with Gasteiger partial charge in [0.05, 0.1) is 35.9 Å². The number of anilines is 1. The van der Waals surface area contributed by atoms with Crippen molar-refractivity contribution in [3.05, 3.63) is 132 Å². The first-order chi connectivity index (χ1) is 33.6. The fourth-order valence-corrected chi connectivity index (χ4v) is 11.2. The number of phenolic OH excluding ortho intramolecular Hbond substituents is 1. The summed E-state index contributed by atoms with van der Waals surface area (Å²) in [5.41, 5.74) is 3.07. The largest absolute Gasteiger partial charge is 0.508 e. The summed E-state index contributed by atoms with van der Waals surface area (Å²) >= 11 is 0. The number of benzene rings is 4. The van der Waals surface area contributed by atoms with Crippen molar-refractivity contribution in [3.8, 4) is 22.9 Å². The van der Waals surface area contributed by atoms with Crippen molar-refractivity contribution < 1.29 is 64.9 Å². The first-order valence-corrected chi connectivity index (χ1v) is 23.9. The Hall–Kier alpha value is -7.52. The van der Waals surface area contributed by atoms with Crippen LogP contribution < -0.4 is 24.4 Å². The summed E-state index contributed by atoms with van der Waals surface area (Å²) in [7, 11) is -4.72. The van der Waals surface area contributed by atoms with Gasteiger partial charge in [-0.15, -0.1) is 0 Å². The standard InChI is InChI=1S/C49H45F3N6O11S/c50-49(51,52)27-57(70(65,66)39-25-38-42(29-9-15-33(59)16-10-29)43(45(39)69-38)30-7-11-31(12-8-30)56-23-22-53-28-56)32-13-17-34(18-14-32)67-24-3-1-2-21-54-41(61)26-68-37-6-4-5-35-44(37)48(64)58(47(35)63)36-19-20-40(60)55-46(36)62/h4-18,22-23,28,36,38-39,45,59H,1-3,19-21,24-27H2,(H,54,61)(H,55,60,62). The topological polar surface area (TPSA) is 216 Å². The zero-order valence-corrected chi connectivity index (χ0v) is 37.9. The molecule has 21 heteroatoms. The van der Waals surface area contributed by atoms with E-state index in [-0.39, 0.29) is 60.7 Å². The summed E-state index contributed by atoms with van der Waals surface area (Å²) in [6, 6.07) is 22.2. The van der Waals surface area contributed by atoms with Crippen molar-refractivity contribution in [2.45, 2.75) is 68.2 Å². The first-order valence-electron chi connectivity index (χ1n) is 22.4. The molecule has 364 valence electrons. The Morgan fingerprint density at radius 3 is 2.33 bits per heavy atom. The average molecular weight is 983 g/mol. The predicted octanol–water partition coefficient (Wildman–Crippen LogP) is 5.57. The predicted molar refractivity (Wildman–Crippen MR) is 245 cm³/mol. The van der Waals surface area contributed by atoms with E-state index in [2.05, 4.69) is 15.6 Å². The van der Waals surface area contributed by atoms with Gasteiger partial charge in [-0.25, -0.2) is 13.4 Å². The minimum atomic E-state index is -4.89. The van der Waals surface area contributed by atoms with E-state index in [0.29, 0.717) is 51.6 Å². The van der Waals surface area contributed by atoms with Gasteiger partial charge in [0.25, 0.3) is 17.7 Å². The van der Waals surface area contributed by atoms with Gasteiger partial charge in [-0.3, -0.25) is 38.5 Å². The SMILES string of the molecule is O=C(COc1cccc2c1C(=O)N(C1CCC(=O)NC1=O)C2=O)NCCCCCOc1ccc(N(CC(F)(F)F)S(=O)(=O)C2CC3OC2C(c2ccc(-n4ccnc4)cc2)=C3c2ccc(O)cc2)cc1. The van der Waals surface area contributed by atoms with E-state index in [1.807, 2.05) is 12.1 Å². The number of rotatable bonds is 18. The van der Waals surface area contributed by atoms with Gasteiger partial charge in [0, 0.05) is 31.0 Å². The highest BCUT2D eigenvalue weighted by Gasteiger charge is 2.55. The third-order valence-corrected chi connectivity index (χ3v) is 14.6. The molecule has 5 aromatic rings. The molecule has 4 unspecified atom stereocenters. The number of hydrogen-bond acceptors (Lipinski definition) is 12. The zero-order valence-electron chi connectivity index (χ0n) is 37.1. The van der Waals surface area contributed by atoms with E-state index >= 15 is 0 Å². The fourth-order valence-electron chi connectivity index (χ4n) is 9.21. The molecule has 3 N–H and O–H groups in total. The molecule has 2 saturated heterocycles. The molecule has 17 nitrogen and oxygen atoms in total. The highest BCUT2D eigenvalue weighted by molar-refractivity contribution is 7.93. The number of imide groups is 2. The number of hydrogen-bond donors (Lipinski definition) is 3. The third-order valence-electron chi connectivity index (χ3n) is 12.5. The molecule has 4 aliphatic heterocycles. The molecular weight excluding hydrogens is 938 g/mol. The lowest BCUT2D eigenvalue weighted by molar-refractivity contribution is -0.136. The van der Waals surface area contributed by atoms with Crippen molar-refractivity contribution in [2.24, 2.45) is 0 Å². The Bertz CT molecular complexity index is 2970. The van der Waals surface area contributed by atoms with Crippen LogP contribution in [0.5, 0.6) is 17.2 Å². The lowest BCUT2D eigenvalue weighted by Gasteiger charge is -2.32. The Morgan fingerprint density at radius 1 is 0.900 bits per heavy atom. The lowest BCUT2D eigenvalue weighted by Crippen LogP contribution is -2.54. The van der Waals surface area contributed by atoms with Crippen molar-refractivity contribution in [3.63, 3.8) is 0 Å². The number of piperidine rings is 1. The second-order valence-corrected chi connectivity index (χ2v) is 19.1. The van der Waals surface area contributed by atoms with Gasteiger partial charge < -0.3 is 29.2 Å². The number of unbranched alkanes of at least 4 members (excludes halogenated alkanes) is 2. The number of amides is 5. The number of nitrogens with zero attached hydrogens (tertiary/aromatic N) is 4. The van der Waals surface area contributed by atoms with Gasteiger partial charge in [0.15, 0.2) is 6.61 Å². The normalized spacial score (nSPS) is 19.9. The molecule has 0 spiro atoms. The third kappa shape index (κ3) is 9.71. The maximum absolute atomic E-state index is 14.5. The number of aromatic nitrogens is 2. The number of fused-ring (bicyclic) bond motifs is 3. The number of halogens is 3. The van der Waals surface area contributed by atoms with Crippen LogP contribution in [0.2, 0.25) is 0 Å². The summed E-state index contributed by atoms with van der Waals surface area (Å²) in [6.45, 7) is -1.74. The molecular formula is C49H45F3N6O11S. The van der Waals surface area contributed by atoms with E-state index in [9.17, 15) is 50.7 Å². The number of carbonyl (C=O) groups excluding carboxylic acids is 5. The molecule has 0 saturated carbocycles. The zero-order chi connectivity index (χ0) is 49.3. The fraction of sp³-hybridized carbons (Fsp3) is 0.306. The maximum atomic E-state index is 14.5. The highest BCUT2D eigenvalue weighted by Crippen LogP contribution is 2.51. The number of imidazole rings is 1. The number of nitrogens with one attached hydrogen (secondary N) is 2. The number of ether oxygens (including phenoxy) is 3. The molecule has 4 aromatic carbocycles. The Morgan fingerprint density at radius 2 is 1.63 bits per heavy atom. The molecule has 9 rings (SSSR count). The number of alkyl halides is 3. The Balaban J connectivity index is 0.782. The summed E-state index contributed by atoms with van der Waals surface area (Å²) < 4.78 is 91.6. The van der Waals surface area contributed by atoms with Gasteiger partial charge in [-0.05, 0) is 115 Å². The average Bonchev–Trinajstić information content (AvgIpc) is 4.16. The number of carbonyl (C=O) groups is 5. The van der Waals surface area contributed by atoms with Crippen molar-refractivity contribution in [2.75, 3.05) is 30.6 Å². The van der Waals surface area contributed by atoms with Gasteiger partial charge >= 0.3 is 6.18 Å². The van der Waals surface area contributed by atoms with Crippen LogP contribution in [0.15, 0.2) is 110 Å². The monoisotopic (exact) mass is 982 g/mol. The lowest BCUT2D eigenvalue weighted by atomic mass is 9.83. The van der Waals surface area contributed by atoms with Crippen LogP contribution in [-0.4, -0.2) is 113 Å². The molecule has 2 bridgehead atoms. The molecule has 4 aliphatic rings. The second kappa shape index (κ2) is 19.5. The molecule has 2 fully saturated rings. The summed E-state index contributed by atoms with van der Waals surface area (Å²) in [5.74, 6) is -2.87. The van der Waals surface area contributed by atoms with Gasteiger partial charge in [0.2, 0.25) is 21.8 Å². The Labute approximate surface area is 398 Å². The minimum absolute atomic E-state index is 0.00599. The summed E-state index contributed by atoms with van der Waals surface area (Å²) in [4.78, 5) is 67.8. The number of phenols is 1. The number of aromatic hydroxyl groups is 1. The molecule has 1 aromatic heterocycles. The molecule has 0 radical (unpaired) electrons. The molecule has 5 amide bonds. The van der Waals surface area contributed by atoms with Crippen LogP contribution in [0.3, 0.4) is 0 Å². The van der Waals surface area contributed by atoms with E-state index in [1.165, 1.54) is 54.6 Å². The smallest absolute Gasteiger partial charge is 0.407 e. The van der Waals surface area contributed by atoms with E-state index in [1.54, 1.807) is 47.6 Å². The number of sulfonamides is 1. The van der Waals surface area contributed by atoms with Crippen LogP contribution in [0.1, 0.15) is 70.4 Å². The van der Waals surface area contributed by atoms with Crippen LogP contribution >= 0.6 is 0 Å². The maximum Gasteiger partial charge on any atom is 0.407 e. The minimum Gasteiger partial charge on any atom is -0.508 e. The van der Waals surface area contributed by atoms with Gasteiger partial charge in [0.1, 0.15) is 41.2 Å². The van der Waals surface area contributed by atoms with Crippen LogP contribution in [-0.2, 0) is 29.1 Å². The summed E-state index contributed by atoms with van der Waals surface area (Å²) in [6.07, 6.45) is -0.160. The van der Waals surface area contributed by atoms with E-state index in [0.717, 1.165) is 10.6 Å². The van der Waals surface area contributed by atoms with E-state index in [4.69, 9.17) is 14.2 Å². The van der Waals surface area contributed by atoms with Crippen LogP contribution in [0.4, 0.5) is 18.9 Å². The quantitative estimate of drug-likeness (QED) is 0.0726. The molecule has 0 aliphatic carbocycles. The van der Waals surface area contributed by atoms with Crippen LogP contribution in [0, 0.1) is 0 Å². The summed E-state index contributed by atoms with van der Waals surface area (Å²) in [5, 5.41) is 13.5.